The first-order chi connectivity index (χ1) is 3.63. The predicted octanol–water partition coefficient (Wildman–Crippen LogP) is 1.73. The first-order valence-corrected chi connectivity index (χ1v) is 2.44. The van der Waals surface area contributed by atoms with E-state index < -0.39 is 6.43 Å². The summed E-state index contributed by atoms with van der Waals surface area (Å²) in [7, 11) is 0. The number of hydrogen-bond acceptors (Lipinski definition) is 1. The van der Waals surface area contributed by atoms with E-state index in [0.717, 1.165) is 0 Å². The van der Waals surface area contributed by atoms with E-state index in [0.29, 0.717) is 6.21 Å². The molecule has 0 saturated carbocycles. The lowest BCUT2D eigenvalue weighted by Crippen LogP contribution is -1.95. The molecule has 0 aromatic heterocycles. The van der Waals surface area contributed by atoms with Gasteiger partial charge in [0.25, 0.3) is 6.43 Å². The number of alkyl halides is 2. The lowest BCUT2D eigenvalue weighted by molar-refractivity contribution is 0.231. The Kier molecular flexibility index (Phi) is 3.31. The Morgan fingerprint density at radius 2 is 1.88 bits per heavy atom. The van der Waals surface area contributed by atoms with E-state index in [4.69, 9.17) is 0 Å². The molecule has 0 aromatic carbocycles. The van der Waals surface area contributed by atoms with Crippen molar-refractivity contribution in [3.05, 3.63) is 0 Å². The van der Waals surface area contributed by atoms with Crippen molar-refractivity contribution in [2.45, 2.75) is 26.3 Å². The first kappa shape index (κ1) is 7.53. The maximum Gasteiger partial charge on any atom is 0.273 e. The van der Waals surface area contributed by atoms with Crippen LogP contribution < -0.4 is 0 Å². The van der Waals surface area contributed by atoms with E-state index in [9.17, 15) is 8.78 Å². The van der Waals surface area contributed by atoms with E-state index in [-0.39, 0.29) is 6.04 Å². The third kappa shape index (κ3) is 5.53. The molecular weight excluding hydrogens is 112 g/mol. The van der Waals surface area contributed by atoms with Crippen LogP contribution in [0, 0.1) is 0 Å². The molecule has 0 aliphatic rings. The highest BCUT2D eigenvalue weighted by Crippen LogP contribution is 1.89. The summed E-state index contributed by atoms with van der Waals surface area (Å²) in [6.07, 6.45) is -1.75. The predicted molar refractivity (Wildman–Crippen MR) is 29.6 cm³/mol. The molecule has 3 heteroatoms. The monoisotopic (exact) mass is 121 g/mol. The third-order valence-electron chi connectivity index (χ3n) is 0.497. The number of nitrogens with zero attached hydrogens (tertiary/aromatic N) is 1. The van der Waals surface area contributed by atoms with Crippen LogP contribution in [0.4, 0.5) is 8.78 Å². The Labute approximate surface area is 47.4 Å². The standard InChI is InChI=1S/C5H9F2N/c1-4(2)8-3-5(6)7/h3-5H,1-2H3. The maximum absolute atomic E-state index is 11.2. The summed E-state index contributed by atoms with van der Waals surface area (Å²) in [5.41, 5.74) is 0. The first-order valence-electron chi connectivity index (χ1n) is 2.44. The molecule has 0 radical (unpaired) electrons. The summed E-state index contributed by atoms with van der Waals surface area (Å²) < 4.78 is 22.5. The van der Waals surface area contributed by atoms with Crippen LogP contribution in [0.25, 0.3) is 0 Å². The zero-order chi connectivity index (χ0) is 6.57. The normalized spacial score (nSPS) is 12.2. The molecule has 0 aromatic rings. The molecule has 0 N–H and O–H groups in total. The van der Waals surface area contributed by atoms with Gasteiger partial charge in [-0.05, 0) is 13.8 Å². The molecule has 0 unspecified atom stereocenters. The van der Waals surface area contributed by atoms with Gasteiger partial charge in [-0.15, -0.1) is 0 Å². The fraction of sp³-hybridized carbons (Fsp3) is 0.800. The number of hydrogen-bond donors (Lipinski definition) is 0. The Bertz CT molecular complexity index is 68.5. The van der Waals surface area contributed by atoms with Gasteiger partial charge in [0.2, 0.25) is 0 Å². The van der Waals surface area contributed by atoms with Gasteiger partial charge in [-0.1, -0.05) is 0 Å². The van der Waals surface area contributed by atoms with Crippen molar-refractivity contribution in [1.82, 2.24) is 0 Å². The van der Waals surface area contributed by atoms with Crippen LogP contribution in [0.5, 0.6) is 0 Å². The molecule has 0 saturated heterocycles. The van der Waals surface area contributed by atoms with Crippen LogP contribution in [0.2, 0.25) is 0 Å². The van der Waals surface area contributed by atoms with Gasteiger partial charge in [0.1, 0.15) is 0 Å². The molecule has 0 heterocycles. The second kappa shape index (κ2) is 3.52. The molecule has 0 fully saturated rings. The Hall–Kier alpha value is -0.470. The topological polar surface area (TPSA) is 12.4 Å². The van der Waals surface area contributed by atoms with Crippen LogP contribution in [0.15, 0.2) is 4.99 Å². The van der Waals surface area contributed by atoms with Gasteiger partial charge in [0.05, 0.1) is 6.21 Å². The van der Waals surface area contributed by atoms with Crippen molar-refractivity contribution in [1.29, 1.82) is 0 Å². The smallest absolute Gasteiger partial charge is 0.273 e. The quantitative estimate of drug-likeness (QED) is 0.493. The molecule has 8 heavy (non-hydrogen) atoms. The summed E-state index contributed by atoms with van der Waals surface area (Å²) >= 11 is 0. The lowest BCUT2D eigenvalue weighted by Gasteiger charge is -1.91. The Balaban J connectivity index is 3.34. The van der Waals surface area contributed by atoms with Crippen LogP contribution in [0.3, 0.4) is 0 Å². The molecule has 1 nitrogen and oxygen atoms in total. The summed E-state index contributed by atoms with van der Waals surface area (Å²) in [5.74, 6) is 0. The molecular formula is C5H9F2N. The van der Waals surface area contributed by atoms with Crippen LogP contribution in [0.1, 0.15) is 13.8 Å². The second-order valence-electron chi connectivity index (χ2n) is 1.73. The molecule has 0 rings (SSSR count). The van der Waals surface area contributed by atoms with Crippen LogP contribution in [-0.2, 0) is 0 Å². The summed E-state index contributed by atoms with van der Waals surface area (Å²) in [4.78, 5) is 3.45. The summed E-state index contributed by atoms with van der Waals surface area (Å²) in [5, 5.41) is 0. The highest BCUT2D eigenvalue weighted by Gasteiger charge is 1.93. The number of halogens is 2. The van der Waals surface area contributed by atoms with Crippen molar-refractivity contribution in [3.63, 3.8) is 0 Å². The van der Waals surface area contributed by atoms with Crippen LogP contribution >= 0.6 is 0 Å². The molecule has 0 bridgehead atoms. The molecule has 0 aliphatic heterocycles. The van der Waals surface area contributed by atoms with Crippen LogP contribution in [-0.4, -0.2) is 18.7 Å². The van der Waals surface area contributed by atoms with Gasteiger partial charge in [-0.3, -0.25) is 4.99 Å². The number of aliphatic imine (C=N–C) groups is 1. The van der Waals surface area contributed by atoms with Crippen molar-refractivity contribution in [2.75, 3.05) is 0 Å². The van der Waals surface area contributed by atoms with Gasteiger partial charge in [-0.25, -0.2) is 8.78 Å². The molecule has 48 valence electrons. The van der Waals surface area contributed by atoms with Crippen molar-refractivity contribution in [3.8, 4) is 0 Å². The zero-order valence-corrected chi connectivity index (χ0v) is 4.94. The molecule has 0 atom stereocenters. The zero-order valence-electron chi connectivity index (χ0n) is 4.94. The largest absolute Gasteiger partial charge is 0.289 e. The lowest BCUT2D eigenvalue weighted by atomic mass is 10.4. The van der Waals surface area contributed by atoms with E-state index in [2.05, 4.69) is 4.99 Å². The fourth-order valence-corrected chi connectivity index (χ4v) is 0.237. The van der Waals surface area contributed by atoms with Crippen molar-refractivity contribution < 1.29 is 8.78 Å². The van der Waals surface area contributed by atoms with E-state index in [1.165, 1.54) is 0 Å². The average Bonchev–Trinajstić information content (AvgIpc) is 1.61. The Morgan fingerprint density at radius 3 is 2.00 bits per heavy atom. The van der Waals surface area contributed by atoms with Gasteiger partial charge in [-0.2, -0.15) is 0 Å². The molecule has 0 aliphatic carbocycles. The minimum atomic E-state index is -2.41. The van der Waals surface area contributed by atoms with Gasteiger partial charge >= 0.3 is 0 Å². The fourth-order valence-electron chi connectivity index (χ4n) is 0.237. The van der Waals surface area contributed by atoms with Crippen molar-refractivity contribution >= 4 is 6.21 Å². The molecule has 0 spiro atoms. The highest BCUT2D eigenvalue weighted by molar-refractivity contribution is 5.60. The van der Waals surface area contributed by atoms with Gasteiger partial charge in [0, 0.05) is 6.04 Å². The van der Waals surface area contributed by atoms with E-state index >= 15 is 0 Å². The van der Waals surface area contributed by atoms with E-state index in [1.54, 1.807) is 13.8 Å². The van der Waals surface area contributed by atoms with Gasteiger partial charge < -0.3 is 0 Å². The summed E-state index contributed by atoms with van der Waals surface area (Å²) in [6.45, 7) is 3.50. The molecule has 0 amide bonds. The highest BCUT2D eigenvalue weighted by atomic mass is 19.3. The third-order valence-corrected chi connectivity index (χ3v) is 0.497. The minimum Gasteiger partial charge on any atom is -0.289 e. The Morgan fingerprint density at radius 1 is 1.38 bits per heavy atom. The van der Waals surface area contributed by atoms with Crippen molar-refractivity contribution in [2.24, 2.45) is 4.99 Å². The maximum atomic E-state index is 11.2. The van der Waals surface area contributed by atoms with Gasteiger partial charge in [0.15, 0.2) is 0 Å². The summed E-state index contributed by atoms with van der Waals surface area (Å²) in [6, 6.07) is -0.0241. The second-order valence-corrected chi connectivity index (χ2v) is 1.73. The number of rotatable bonds is 2. The average molecular weight is 121 g/mol. The SMILES string of the molecule is CC(C)N=CC(F)F. The van der Waals surface area contributed by atoms with E-state index in [1.807, 2.05) is 0 Å². The minimum absolute atomic E-state index is 0.0241.